The first-order valence-electron chi connectivity index (χ1n) is 6.15. The topological polar surface area (TPSA) is 136 Å². The monoisotopic (exact) mass is 316 g/mol. The lowest BCUT2D eigenvalue weighted by atomic mass is 10.1. The van der Waals surface area contributed by atoms with Crippen molar-refractivity contribution in [2.75, 3.05) is 25.1 Å². The van der Waals surface area contributed by atoms with E-state index >= 15 is 0 Å². The summed E-state index contributed by atoms with van der Waals surface area (Å²) >= 11 is 0. The Labute approximate surface area is 121 Å². The molecule has 0 saturated heterocycles. The number of carbonyl (C=O) groups is 1. The SMILES string of the molecule is O=C1Cc2cc(S(=O)(=O)NC(CO)(CO)CO)ccc2N1. The first-order chi connectivity index (χ1) is 9.85. The Kier molecular flexibility index (Phi) is 4.30. The van der Waals surface area contributed by atoms with Gasteiger partial charge in [-0.3, -0.25) is 4.79 Å². The highest BCUT2D eigenvalue weighted by atomic mass is 32.2. The average Bonchev–Trinajstić information content (AvgIpc) is 2.84. The van der Waals surface area contributed by atoms with Gasteiger partial charge < -0.3 is 20.6 Å². The van der Waals surface area contributed by atoms with Crippen LogP contribution in [0, 0.1) is 0 Å². The van der Waals surface area contributed by atoms with Gasteiger partial charge in [-0.25, -0.2) is 8.42 Å². The molecule has 0 bridgehead atoms. The van der Waals surface area contributed by atoms with Gasteiger partial charge in [0.1, 0.15) is 5.54 Å². The second-order valence-corrected chi connectivity index (χ2v) is 6.59. The van der Waals surface area contributed by atoms with E-state index in [0.717, 1.165) is 0 Å². The van der Waals surface area contributed by atoms with Crippen LogP contribution in [0.4, 0.5) is 5.69 Å². The summed E-state index contributed by atoms with van der Waals surface area (Å²) in [5.74, 6) is -0.220. The van der Waals surface area contributed by atoms with Crippen LogP contribution in [0.1, 0.15) is 5.56 Å². The fourth-order valence-corrected chi connectivity index (χ4v) is 3.39. The van der Waals surface area contributed by atoms with Crippen molar-refractivity contribution < 1.29 is 28.5 Å². The number of hydrogen-bond acceptors (Lipinski definition) is 6. The summed E-state index contributed by atoms with van der Waals surface area (Å²) in [6, 6.07) is 4.10. The van der Waals surface area contributed by atoms with Gasteiger partial charge in [0.05, 0.1) is 31.1 Å². The van der Waals surface area contributed by atoms with E-state index < -0.39 is 35.4 Å². The molecule has 1 amide bonds. The molecule has 0 unspecified atom stereocenters. The molecule has 1 aliphatic rings. The van der Waals surface area contributed by atoms with Gasteiger partial charge in [-0.1, -0.05) is 0 Å². The maximum Gasteiger partial charge on any atom is 0.241 e. The molecule has 8 nitrogen and oxygen atoms in total. The molecule has 21 heavy (non-hydrogen) atoms. The number of rotatable bonds is 6. The molecule has 0 atom stereocenters. The Morgan fingerprint density at radius 3 is 2.38 bits per heavy atom. The molecule has 0 aromatic heterocycles. The van der Waals surface area contributed by atoms with E-state index in [9.17, 15) is 28.5 Å². The van der Waals surface area contributed by atoms with Crippen LogP contribution >= 0.6 is 0 Å². The van der Waals surface area contributed by atoms with Crippen LogP contribution in [0.5, 0.6) is 0 Å². The van der Waals surface area contributed by atoms with Gasteiger partial charge in [0, 0.05) is 5.69 Å². The fourth-order valence-electron chi connectivity index (χ4n) is 1.96. The third-order valence-electron chi connectivity index (χ3n) is 3.27. The van der Waals surface area contributed by atoms with Crippen molar-refractivity contribution in [1.29, 1.82) is 0 Å². The van der Waals surface area contributed by atoms with Crippen LogP contribution in [0.15, 0.2) is 23.1 Å². The highest BCUT2D eigenvalue weighted by Crippen LogP contribution is 2.26. The summed E-state index contributed by atoms with van der Waals surface area (Å²) < 4.78 is 26.6. The molecule has 0 fully saturated rings. The molecule has 1 aromatic carbocycles. The first kappa shape index (κ1) is 15.9. The fraction of sp³-hybridized carbons (Fsp3) is 0.417. The third kappa shape index (κ3) is 3.06. The zero-order valence-corrected chi connectivity index (χ0v) is 11.9. The quantitative estimate of drug-likeness (QED) is 0.419. The molecular formula is C12H16N2O6S. The molecule has 1 aromatic rings. The minimum Gasteiger partial charge on any atom is -0.394 e. The number of anilines is 1. The van der Waals surface area contributed by atoms with E-state index in [2.05, 4.69) is 10.0 Å². The van der Waals surface area contributed by atoms with Gasteiger partial charge in [-0.2, -0.15) is 4.72 Å². The van der Waals surface area contributed by atoms with E-state index in [1.807, 2.05) is 0 Å². The predicted octanol–water partition coefficient (Wildman–Crippen LogP) is -1.82. The van der Waals surface area contributed by atoms with Gasteiger partial charge >= 0.3 is 0 Å². The zero-order chi connectivity index (χ0) is 15.7. The van der Waals surface area contributed by atoms with Crippen molar-refractivity contribution >= 4 is 21.6 Å². The first-order valence-corrected chi connectivity index (χ1v) is 7.63. The third-order valence-corrected chi connectivity index (χ3v) is 4.85. The van der Waals surface area contributed by atoms with Crippen LogP contribution < -0.4 is 10.0 Å². The molecule has 0 saturated carbocycles. The maximum atomic E-state index is 12.3. The lowest BCUT2D eigenvalue weighted by molar-refractivity contribution is -0.115. The van der Waals surface area contributed by atoms with Crippen molar-refractivity contribution in [3.8, 4) is 0 Å². The Morgan fingerprint density at radius 2 is 1.81 bits per heavy atom. The molecule has 0 radical (unpaired) electrons. The standard InChI is InChI=1S/C12H16N2O6S/c15-5-12(6-16,7-17)14-21(19,20)9-1-2-10-8(3-9)4-11(18)13-10/h1-3,14-17H,4-7H2,(H,13,18). The number of aliphatic hydroxyl groups excluding tert-OH is 3. The minimum atomic E-state index is -4.06. The Hall–Kier alpha value is -1.52. The van der Waals surface area contributed by atoms with Crippen molar-refractivity contribution in [1.82, 2.24) is 4.72 Å². The average molecular weight is 316 g/mol. The zero-order valence-electron chi connectivity index (χ0n) is 11.0. The van der Waals surface area contributed by atoms with E-state index in [4.69, 9.17) is 0 Å². The molecule has 1 heterocycles. The van der Waals surface area contributed by atoms with Crippen molar-refractivity contribution in [3.05, 3.63) is 23.8 Å². The molecule has 1 aliphatic heterocycles. The molecular weight excluding hydrogens is 300 g/mol. The van der Waals surface area contributed by atoms with Gasteiger partial charge in [-0.15, -0.1) is 0 Å². The molecule has 2 rings (SSSR count). The maximum absolute atomic E-state index is 12.3. The second-order valence-electron chi connectivity index (χ2n) is 4.90. The van der Waals surface area contributed by atoms with E-state index in [0.29, 0.717) is 11.3 Å². The molecule has 116 valence electrons. The van der Waals surface area contributed by atoms with E-state index in [-0.39, 0.29) is 17.2 Å². The van der Waals surface area contributed by atoms with Crippen LogP contribution in [-0.4, -0.2) is 55.0 Å². The highest BCUT2D eigenvalue weighted by Gasteiger charge is 2.34. The largest absolute Gasteiger partial charge is 0.394 e. The molecule has 0 aliphatic carbocycles. The number of sulfonamides is 1. The van der Waals surface area contributed by atoms with Gasteiger partial charge in [0.15, 0.2) is 0 Å². The Morgan fingerprint density at radius 1 is 1.19 bits per heavy atom. The summed E-state index contributed by atoms with van der Waals surface area (Å²) in [5, 5.41) is 30.1. The molecule has 0 spiro atoms. The normalized spacial score (nSPS) is 14.9. The summed E-state index contributed by atoms with van der Waals surface area (Å²) in [6.45, 7) is -2.28. The predicted molar refractivity (Wildman–Crippen MR) is 73.1 cm³/mol. The molecule has 9 heteroatoms. The lowest BCUT2D eigenvalue weighted by Crippen LogP contribution is -2.56. The van der Waals surface area contributed by atoms with Crippen molar-refractivity contribution in [3.63, 3.8) is 0 Å². The van der Waals surface area contributed by atoms with Crippen LogP contribution in [-0.2, 0) is 21.2 Å². The van der Waals surface area contributed by atoms with Crippen molar-refractivity contribution in [2.24, 2.45) is 0 Å². The number of fused-ring (bicyclic) bond motifs is 1. The number of aliphatic hydroxyl groups is 3. The minimum absolute atomic E-state index is 0.0871. The lowest BCUT2D eigenvalue weighted by Gasteiger charge is -2.28. The smallest absolute Gasteiger partial charge is 0.241 e. The summed E-state index contributed by atoms with van der Waals surface area (Å²) in [4.78, 5) is 11.1. The summed E-state index contributed by atoms with van der Waals surface area (Å²) in [6.07, 6.45) is 0.0871. The highest BCUT2D eigenvalue weighted by molar-refractivity contribution is 7.89. The summed E-state index contributed by atoms with van der Waals surface area (Å²) in [7, 11) is -4.06. The Bertz CT molecular complexity index is 645. The van der Waals surface area contributed by atoms with E-state index in [1.165, 1.54) is 18.2 Å². The van der Waals surface area contributed by atoms with Gasteiger partial charge in [0.25, 0.3) is 0 Å². The van der Waals surface area contributed by atoms with Crippen molar-refractivity contribution in [2.45, 2.75) is 16.9 Å². The van der Waals surface area contributed by atoms with E-state index in [1.54, 1.807) is 0 Å². The van der Waals surface area contributed by atoms with Gasteiger partial charge in [0.2, 0.25) is 15.9 Å². The number of hydrogen-bond donors (Lipinski definition) is 5. The second kappa shape index (κ2) is 5.70. The number of amides is 1. The number of nitrogens with one attached hydrogen (secondary N) is 2. The van der Waals surface area contributed by atoms with Crippen LogP contribution in [0.25, 0.3) is 0 Å². The Balaban J connectivity index is 2.33. The number of benzene rings is 1. The molecule has 5 N–H and O–H groups in total. The van der Waals surface area contributed by atoms with Gasteiger partial charge in [-0.05, 0) is 23.8 Å². The van der Waals surface area contributed by atoms with Crippen LogP contribution in [0.2, 0.25) is 0 Å². The number of carbonyl (C=O) groups excluding carboxylic acids is 1. The summed E-state index contributed by atoms with van der Waals surface area (Å²) in [5.41, 5.74) is -0.645. The van der Waals surface area contributed by atoms with Crippen LogP contribution in [0.3, 0.4) is 0 Å².